The van der Waals surface area contributed by atoms with Crippen LogP contribution in [-0.4, -0.2) is 27.2 Å². The molecular formula is C9H12ClN3O. The van der Waals surface area contributed by atoms with Gasteiger partial charge >= 0.3 is 0 Å². The smallest absolute Gasteiger partial charge is 0.223 e. The lowest BCUT2D eigenvalue weighted by molar-refractivity contribution is 0.143. The Hall–Kier alpha value is -0.870. The van der Waals surface area contributed by atoms with Crippen molar-refractivity contribution in [1.29, 1.82) is 0 Å². The van der Waals surface area contributed by atoms with Crippen LogP contribution in [-0.2, 0) is 0 Å². The van der Waals surface area contributed by atoms with Crippen molar-refractivity contribution in [3.05, 3.63) is 17.4 Å². The summed E-state index contributed by atoms with van der Waals surface area (Å²) < 4.78 is 0. The van der Waals surface area contributed by atoms with E-state index in [0.29, 0.717) is 11.0 Å². The normalized spacial score (nSPS) is 18.7. The fourth-order valence-electron chi connectivity index (χ4n) is 1.54. The minimum absolute atomic E-state index is 0.124. The Morgan fingerprint density at radius 3 is 2.50 bits per heavy atom. The summed E-state index contributed by atoms with van der Waals surface area (Å²) in [5.41, 5.74) is -0.201. The van der Waals surface area contributed by atoms with Gasteiger partial charge in [0.1, 0.15) is 0 Å². The lowest BCUT2D eigenvalue weighted by atomic mass is 9.77. The van der Waals surface area contributed by atoms with Gasteiger partial charge in [-0.25, -0.2) is 9.97 Å². The number of aliphatic hydroxyl groups is 1. The van der Waals surface area contributed by atoms with Gasteiger partial charge in [-0.05, 0) is 19.3 Å². The number of aromatic nitrogens is 2. The molecule has 0 bridgehead atoms. The van der Waals surface area contributed by atoms with Crippen LogP contribution < -0.4 is 5.32 Å². The van der Waals surface area contributed by atoms with E-state index in [1.165, 1.54) is 0 Å². The van der Waals surface area contributed by atoms with Gasteiger partial charge in [-0.3, -0.25) is 0 Å². The zero-order chi connectivity index (χ0) is 10.0. The van der Waals surface area contributed by atoms with E-state index in [9.17, 15) is 5.11 Å². The van der Waals surface area contributed by atoms with Crippen LogP contribution in [0.25, 0.3) is 0 Å². The van der Waals surface area contributed by atoms with Crippen molar-refractivity contribution in [2.45, 2.75) is 24.8 Å². The molecule has 0 atom stereocenters. The van der Waals surface area contributed by atoms with Crippen molar-refractivity contribution < 1.29 is 5.11 Å². The van der Waals surface area contributed by atoms with Gasteiger partial charge in [-0.1, -0.05) is 11.6 Å². The molecule has 1 heterocycles. The first kappa shape index (κ1) is 9.68. The number of anilines is 1. The first-order valence-electron chi connectivity index (χ1n) is 4.61. The van der Waals surface area contributed by atoms with Gasteiger partial charge in [0.2, 0.25) is 5.95 Å². The summed E-state index contributed by atoms with van der Waals surface area (Å²) in [4.78, 5) is 8.06. The van der Waals surface area contributed by atoms with Crippen LogP contribution in [0.3, 0.4) is 0 Å². The minimum atomic E-state index is -0.201. The van der Waals surface area contributed by atoms with Crippen molar-refractivity contribution >= 4 is 17.5 Å². The molecule has 0 aliphatic heterocycles. The highest BCUT2D eigenvalue weighted by molar-refractivity contribution is 6.30. The molecule has 4 nitrogen and oxygen atoms in total. The van der Waals surface area contributed by atoms with E-state index in [1.54, 1.807) is 12.4 Å². The first-order chi connectivity index (χ1) is 6.74. The van der Waals surface area contributed by atoms with Crippen molar-refractivity contribution in [3.63, 3.8) is 0 Å². The van der Waals surface area contributed by atoms with Crippen LogP contribution in [0.1, 0.15) is 19.3 Å². The van der Waals surface area contributed by atoms with Crippen molar-refractivity contribution in [1.82, 2.24) is 9.97 Å². The number of hydrogen-bond donors (Lipinski definition) is 2. The second-order valence-electron chi connectivity index (χ2n) is 3.64. The molecule has 1 saturated carbocycles. The molecule has 5 heteroatoms. The topological polar surface area (TPSA) is 58.0 Å². The van der Waals surface area contributed by atoms with Gasteiger partial charge in [0.25, 0.3) is 0 Å². The van der Waals surface area contributed by atoms with Gasteiger partial charge in [0, 0.05) is 0 Å². The Kier molecular flexibility index (Phi) is 2.56. The molecule has 0 spiro atoms. The third kappa shape index (κ3) is 1.81. The Labute approximate surface area is 87.3 Å². The molecule has 1 aromatic heterocycles. The van der Waals surface area contributed by atoms with Crippen LogP contribution in [0.5, 0.6) is 0 Å². The average molecular weight is 214 g/mol. The molecule has 1 aliphatic rings. The molecule has 76 valence electrons. The highest BCUT2D eigenvalue weighted by atomic mass is 35.5. The lowest BCUT2D eigenvalue weighted by Crippen LogP contribution is -2.48. The first-order valence-corrected chi connectivity index (χ1v) is 4.98. The lowest BCUT2D eigenvalue weighted by Gasteiger charge is -2.40. The van der Waals surface area contributed by atoms with Crippen LogP contribution in [0.15, 0.2) is 12.4 Å². The van der Waals surface area contributed by atoms with E-state index in [4.69, 9.17) is 11.6 Å². The third-order valence-corrected chi connectivity index (χ3v) is 2.81. The molecule has 2 rings (SSSR count). The standard InChI is InChI=1S/C9H12ClN3O/c10-7-4-11-8(12-5-7)13-9(6-14)2-1-3-9/h4-5,14H,1-3,6H2,(H,11,12,13). The Balaban J connectivity index is 2.06. The number of nitrogens with one attached hydrogen (secondary N) is 1. The summed E-state index contributed by atoms with van der Waals surface area (Å²) in [6.45, 7) is 0.124. The molecule has 1 aromatic rings. The predicted molar refractivity (Wildman–Crippen MR) is 54.3 cm³/mol. The summed E-state index contributed by atoms with van der Waals surface area (Å²) in [6, 6.07) is 0. The fraction of sp³-hybridized carbons (Fsp3) is 0.556. The van der Waals surface area contributed by atoms with E-state index in [1.807, 2.05) is 0 Å². The minimum Gasteiger partial charge on any atom is -0.394 e. The number of hydrogen-bond acceptors (Lipinski definition) is 4. The predicted octanol–water partition coefficient (Wildman–Crippen LogP) is 1.46. The molecule has 1 aliphatic carbocycles. The highest BCUT2D eigenvalue weighted by Gasteiger charge is 2.36. The fourth-order valence-corrected chi connectivity index (χ4v) is 1.64. The zero-order valence-electron chi connectivity index (χ0n) is 7.70. The molecule has 2 N–H and O–H groups in total. The van der Waals surface area contributed by atoms with Gasteiger partial charge in [-0.2, -0.15) is 0 Å². The number of aliphatic hydroxyl groups excluding tert-OH is 1. The second-order valence-corrected chi connectivity index (χ2v) is 4.08. The van der Waals surface area contributed by atoms with E-state index in [-0.39, 0.29) is 12.1 Å². The van der Waals surface area contributed by atoms with Gasteiger partial charge in [-0.15, -0.1) is 0 Å². The summed E-state index contributed by atoms with van der Waals surface area (Å²) in [5, 5.41) is 12.9. The summed E-state index contributed by atoms with van der Waals surface area (Å²) in [5.74, 6) is 0.531. The maximum Gasteiger partial charge on any atom is 0.223 e. The Bertz CT molecular complexity index is 305. The van der Waals surface area contributed by atoms with Crippen molar-refractivity contribution in [2.24, 2.45) is 0 Å². The molecule has 0 unspecified atom stereocenters. The second kappa shape index (κ2) is 3.71. The quantitative estimate of drug-likeness (QED) is 0.798. The molecule has 0 radical (unpaired) electrons. The molecule has 14 heavy (non-hydrogen) atoms. The highest BCUT2D eigenvalue weighted by Crippen LogP contribution is 2.33. The van der Waals surface area contributed by atoms with E-state index >= 15 is 0 Å². The van der Waals surface area contributed by atoms with E-state index < -0.39 is 0 Å². The van der Waals surface area contributed by atoms with Crippen LogP contribution >= 0.6 is 11.6 Å². The number of rotatable bonds is 3. The summed E-state index contributed by atoms with van der Waals surface area (Å²) in [6.07, 6.45) is 6.16. The van der Waals surface area contributed by atoms with Crippen molar-refractivity contribution in [3.8, 4) is 0 Å². The molecule has 0 aromatic carbocycles. The average Bonchev–Trinajstić information content (AvgIpc) is 2.15. The number of nitrogens with zero attached hydrogens (tertiary/aromatic N) is 2. The van der Waals surface area contributed by atoms with Crippen LogP contribution in [0.4, 0.5) is 5.95 Å². The molecule has 0 amide bonds. The largest absolute Gasteiger partial charge is 0.394 e. The molecular weight excluding hydrogens is 202 g/mol. The van der Waals surface area contributed by atoms with Crippen LogP contribution in [0, 0.1) is 0 Å². The maximum absolute atomic E-state index is 9.21. The third-order valence-electron chi connectivity index (χ3n) is 2.61. The van der Waals surface area contributed by atoms with Crippen LogP contribution in [0.2, 0.25) is 5.02 Å². The molecule has 0 saturated heterocycles. The Morgan fingerprint density at radius 1 is 1.43 bits per heavy atom. The SMILES string of the molecule is OCC1(Nc2ncc(Cl)cn2)CCC1. The summed E-state index contributed by atoms with van der Waals surface area (Å²) >= 11 is 5.66. The monoisotopic (exact) mass is 213 g/mol. The number of halogens is 1. The van der Waals surface area contributed by atoms with Gasteiger partial charge in [0.05, 0.1) is 29.6 Å². The molecule has 1 fully saturated rings. The maximum atomic E-state index is 9.21. The van der Waals surface area contributed by atoms with Gasteiger partial charge < -0.3 is 10.4 Å². The van der Waals surface area contributed by atoms with E-state index in [0.717, 1.165) is 19.3 Å². The van der Waals surface area contributed by atoms with Gasteiger partial charge in [0.15, 0.2) is 0 Å². The van der Waals surface area contributed by atoms with Crippen molar-refractivity contribution in [2.75, 3.05) is 11.9 Å². The zero-order valence-corrected chi connectivity index (χ0v) is 8.46. The summed E-state index contributed by atoms with van der Waals surface area (Å²) in [7, 11) is 0. The Morgan fingerprint density at radius 2 is 2.07 bits per heavy atom. The van der Waals surface area contributed by atoms with E-state index in [2.05, 4.69) is 15.3 Å².